The van der Waals surface area contributed by atoms with Crippen LogP contribution >= 0.6 is 0 Å². The van der Waals surface area contributed by atoms with E-state index < -0.39 is 0 Å². The molecule has 124 valence electrons. The topological polar surface area (TPSA) is 55.3 Å². The maximum Gasteiger partial charge on any atom is 0.257 e. The number of likely N-dealkylation sites (tertiary alicyclic amines) is 1. The lowest BCUT2D eigenvalue weighted by Gasteiger charge is -2.22. The second kappa shape index (κ2) is 6.19. The number of fused-ring (bicyclic) bond motifs is 1. The molecule has 5 nitrogen and oxygen atoms in total. The van der Waals surface area contributed by atoms with E-state index in [-0.39, 0.29) is 17.8 Å². The smallest absolute Gasteiger partial charge is 0.257 e. The van der Waals surface area contributed by atoms with Gasteiger partial charge >= 0.3 is 0 Å². The molecule has 2 aromatic rings. The van der Waals surface area contributed by atoms with Gasteiger partial charge in [-0.25, -0.2) is 14.4 Å². The van der Waals surface area contributed by atoms with Crippen molar-refractivity contribution in [1.82, 2.24) is 14.9 Å². The van der Waals surface area contributed by atoms with Crippen molar-refractivity contribution in [3.05, 3.63) is 54.4 Å². The molecule has 3 atom stereocenters. The van der Waals surface area contributed by atoms with Crippen LogP contribution in [-0.4, -0.2) is 40.0 Å². The summed E-state index contributed by atoms with van der Waals surface area (Å²) in [7, 11) is 0. The normalized spacial score (nSPS) is 25.5. The van der Waals surface area contributed by atoms with Crippen molar-refractivity contribution in [1.29, 1.82) is 0 Å². The monoisotopic (exact) mass is 327 g/mol. The van der Waals surface area contributed by atoms with Crippen LogP contribution in [0.3, 0.4) is 0 Å². The summed E-state index contributed by atoms with van der Waals surface area (Å²) >= 11 is 0. The second-order valence-corrected chi connectivity index (χ2v) is 6.45. The molecule has 0 radical (unpaired) electrons. The first-order valence-electron chi connectivity index (χ1n) is 8.17. The van der Waals surface area contributed by atoms with Crippen molar-refractivity contribution >= 4 is 5.91 Å². The van der Waals surface area contributed by atoms with Gasteiger partial charge in [0, 0.05) is 37.5 Å². The molecular weight excluding hydrogens is 309 g/mol. The molecule has 0 spiro atoms. The number of aromatic nitrogens is 2. The minimum absolute atomic E-state index is 0.0293. The van der Waals surface area contributed by atoms with Gasteiger partial charge in [0.05, 0.1) is 5.56 Å². The number of benzene rings is 1. The first-order valence-corrected chi connectivity index (χ1v) is 8.17. The molecule has 2 heterocycles. The Morgan fingerprint density at radius 2 is 2.04 bits per heavy atom. The minimum atomic E-state index is -0.297. The van der Waals surface area contributed by atoms with Crippen LogP contribution in [0.4, 0.5) is 4.39 Å². The van der Waals surface area contributed by atoms with E-state index in [4.69, 9.17) is 4.74 Å². The van der Waals surface area contributed by atoms with E-state index in [0.29, 0.717) is 29.7 Å². The van der Waals surface area contributed by atoms with E-state index in [1.165, 1.54) is 18.5 Å². The van der Waals surface area contributed by atoms with E-state index in [2.05, 4.69) is 9.97 Å². The fraction of sp³-hybridized carbons (Fsp3) is 0.389. The third-order valence-electron chi connectivity index (χ3n) is 4.97. The molecule has 6 heteroatoms. The highest BCUT2D eigenvalue weighted by Crippen LogP contribution is 2.40. The van der Waals surface area contributed by atoms with Crippen LogP contribution in [0.15, 0.2) is 43.0 Å². The lowest BCUT2D eigenvalue weighted by Crippen LogP contribution is -2.32. The lowest BCUT2D eigenvalue weighted by molar-refractivity contribution is 0.0761. The van der Waals surface area contributed by atoms with Crippen LogP contribution in [-0.2, 0) is 0 Å². The average Bonchev–Trinajstić information content (AvgIpc) is 3.17. The first-order chi connectivity index (χ1) is 11.7. The summed E-state index contributed by atoms with van der Waals surface area (Å²) in [6.07, 6.45) is 6.51. The highest BCUT2D eigenvalue weighted by atomic mass is 19.1. The van der Waals surface area contributed by atoms with Crippen LogP contribution in [0, 0.1) is 17.7 Å². The number of amides is 1. The van der Waals surface area contributed by atoms with Gasteiger partial charge in [0.2, 0.25) is 0 Å². The SMILES string of the molecule is O=C(c1cncnc1)N1C[C@@H]2CC[C@H](Oc3cccc(F)c3)[C@@H]2C1. The number of hydrogen-bond acceptors (Lipinski definition) is 4. The summed E-state index contributed by atoms with van der Waals surface area (Å²) in [5.41, 5.74) is 0.514. The van der Waals surface area contributed by atoms with Crippen LogP contribution in [0.1, 0.15) is 23.2 Å². The van der Waals surface area contributed by atoms with Gasteiger partial charge in [-0.2, -0.15) is 0 Å². The van der Waals surface area contributed by atoms with Gasteiger partial charge in [-0.05, 0) is 30.9 Å². The standard InChI is InChI=1S/C18H18FN3O2/c19-14-2-1-3-15(6-14)24-17-5-4-12-9-22(10-16(12)17)18(23)13-7-20-11-21-8-13/h1-3,6-8,11-12,16-17H,4-5,9-10H2/t12-,16+,17-/m0/s1. The lowest BCUT2D eigenvalue weighted by atomic mass is 9.99. The number of rotatable bonds is 3. The number of nitrogens with zero attached hydrogens (tertiary/aromatic N) is 3. The number of carbonyl (C=O) groups excluding carboxylic acids is 1. The van der Waals surface area contributed by atoms with Gasteiger partial charge in [-0.3, -0.25) is 4.79 Å². The molecule has 24 heavy (non-hydrogen) atoms. The van der Waals surface area contributed by atoms with Gasteiger partial charge < -0.3 is 9.64 Å². The van der Waals surface area contributed by atoms with Crippen molar-refractivity contribution in [2.45, 2.75) is 18.9 Å². The third-order valence-corrected chi connectivity index (χ3v) is 4.97. The molecule has 0 unspecified atom stereocenters. The fourth-order valence-corrected chi connectivity index (χ4v) is 3.83. The Morgan fingerprint density at radius 1 is 1.21 bits per heavy atom. The van der Waals surface area contributed by atoms with Crippen molar-refractivity contribution in [3.8, 4) is 5.75 Å². The molecule has 2 aliphatic rings. The van der Waals surface area contributed by atoms with Crippen LogP contribution in [0.25, 0.3) is 0 Å². The van der Waals surface area contributed by atoms with Crippen LogP contribution in [0.2, 0.25) is 0 Å². The number of carbonyl (C=O) groups is 1. The van der Waals surface area contributed by atoms with Gasteiger partial charge in [0.25, 0.3) is 5.91 Å². The van der Waals surface area contributed by atoms with Gasteiger partial charge in [-0.15, -0.1) is 0 Å². The zero-order chi connectivity index (χ0) is 16.5. The maximum atomic E-state index is 13.3. The predicted octanol–water partition coefficient (Wildman–Crippen LogP) is 2.55. The Bertz CT molecular complexity index is 740. The predicted molar refractivity (Wildman–Crippen MR) is 85.0 cm³/mol. The van der Waals surface area contributed by atoms with E-state index in [1.807, 2.05) is 4.90 Å². The summed E-state index contributed by atoms with van der Waals surface area (Å²) < 4.78 is 19.3. The quantitative estimate of drug-likeness (QED) is 0.869. The zero-order valence-electron chi connectivity index (χ0n) is 13.1. The minimum Gasteiger partial charge on any atom is -0.490 e. The molecule has 1 saturated heterocycles. The van der Waals surface area contributed by atoms with Crippen molar-refractivity contribution in [2.24, 2.45) is 11.8 Å². The number of hydrogen-bond donors (Lipinski definition) is 0. The summed E-state index contributed by atoms with van der Waals surface area (Å²) in [6.45, 7) is 1.40. The molecule has 0 N–H and O–H groups in total. The van der Waals surface area contributed by atoms with E-state index in [1.54, 1.807) is 24.5 Å². The van der Waals surface area contributed by atoms with Crippen molar-refractivity contribution in [2.75, 3.05) is 13.1 Å². The Balaban J connectivity index is 1.44. The third kappa shape index (κ3) is 2.84. The molecule has 0 bridgehead atoms. The van der Waals surface area contributed by atoms with Crippen LogP contribution < -0.4 is 4.74 Å². The number of ether oxygens (including phenoxy) is 1. The Labute approximate surface area is 139 Å². The number of halogens is 1. The Morgan fingerprint density at radius 3 is 2.83 bits per heavy atom. The molecule has 1 aliphatic carbocycles. The fourth-order valence-electron chi connectivity index (χ4n) is 3.83. The summed E-state index contributed by atoms with van der Waals surface area (Å²) in [5.74, 6) is 0.963. The molecular formula is C18H18FN3O2. The summed E-state index contributed by atoms with van der Waals surface area (Å²) in [4.78, 5) is 22.2. The molecule has 1 aromatic carbocycles. The van der Waals surface area contributed by atoms with E-state index in [0.717, 1.165) is 19.4 Å². The van der Waals surface area contributed by atoms with E-state index >= 15 is 0 Å². The van der Waals surface area contributed by atoms with E-state index in [9.17, 15) is 9.18 Å². The van der Waals surface area contributed by atoms with Crippen molar-refractivity contribution < 1.29 is 13.9 Å². The summed E-state index contributed by atoms with van der Waals surface area (Å²) in [6, 6.07) is 6.24. The molecule has 1 amide bonds. The largest absolute Gasteiger partial charge is 0.490 e. The summed E-state index contributed by atoms with van der Waals surface area (Å²) in [5, 5.41) is 0. The average molecular weight is 327 g/mol. The molecule has 2 fully saturated rings. The molecule has 4 rings (SSSR count). The molecule has 1 aromatic heterocycles. The van der Waals surface area contributed by atoms with Crippen molar-refractivity contribution in [3.63, 3.8) is 0 Å². The highest BCUT2D eigenvalue weighted by Gasteiger charge is 2.45. The highest BCUT2D eigenvalue weighted by molar-refractivity contribution is 5.93. The first kappa shape index (κ1) is 15.1. The Hall–Kier alpha value is -2.50. The molecule has 1 aliphatic heterocycles. The zero-order valence-corrected chi connectivity index (χ0v) is 13.1. The van der Waals surface area contributed by atoms with Gasteiger partial charge in [-0.1, -0.05) is 6.07 Å². The van der Waals surface area contributed by atoms with Gasteiger partial charge in [0.1, 0.15) is 24.0 Å². The van der Waals surface area contributed by atoms with Crippen LogP contribution in [0.5, 0.6) is 5.75 Å². The second-order valence-electron chi connectivity index (χ2n) is 6.45. The maximum absolute atomic E-state index is 13.3. The van der Waals surface area contributed by atoms with Gasteiger partial charge in [0.15, 0.2) is 0 Å². The molecule has 1 saturated carbocycles. The Kier molecular flexibility index (Phi) is 3.88.